The average Bonchev–Trinajstić information content (AvgIpc) is 3.09. The fourth-order valence-electron chi connectivity index (χ4n) is 2.57. The summed E-state index contributed by atoms with van der Waals surface area (Å²) in [5.74, 6) is 0.321. The maximum Gasteiger partial charge on any atom is 0.168 e. The molecule has 6 heteroatoms. The molecule has 0 spiro atoms. The highest BCUT2D eigenvalue weighted by atomic mass is 32.1. The molecular formula is C20H13FN2O2S. The minimum absolute atomic E-state index is 0.176. The molecule has 0 bridgehead atoms. The van der Waals surface area contributed by atoms with Gasteiger partial charge in [0.25, 0.3) is 0 Å². The second-order valence-electron chi connectivity index (χ2n) is 5.76. The summed E-state index contributed by atoms with van der Waals surface area (Å²) in [5.41, 5.74) is 2.85. The Morgan fingerprint density at radius 3 is 2.69 bits per heavy atom. The number of hydrogen-bond donors (Lipinski definition) is 0. The van der Waals surface area contributed by atoms with Gasteiger partial charge in [0.2, 0.25) is 0 Å². The number of nitrogens with zero attached hydrogens (tertiary/aromatic N) is 2. The Bertz CT molecular complexity index is 1110. The first-order chi connectivity index (χ1) is 12.6. The molecule has 0 unspecified atom stereocenters. The van der Waals surface area contributed by atoms with E-state index in [0.29, 0.717) is 17.7 Å². The molecule has 0 fully saturated rings. The van der Waals surface area contributed by atoms with E-state index >= 15 is 0 Å². The van der Waals surface area contributed by atoms with Crippen LogP contribution in [0.4, 0.5) is 4.39 Å². The van der Waals surface area contributed by atoms with Crippen molar-refractivity contribution in [2.45, 2.75) is 6.92 Å². The molecule has 0 aliphatic carbocycles. The molecule has 0 atom stereocenters. The first-order valence-electron chi connectivity index (χ1n) is 7.88. The van der Waals surface area contributed by atoms with Gasteiger partial charge in [0, 0.05) is 28.9 Å². The lowest BCUT2D eigenvalue weighted by Gasteiger charge is -2.07. The number of carbonyl (C=O) groups is 1. The SMILES string of the molecule is Cc1ccc(Oc2ccnc3cc(-c4ccc(C=O)nc4)sc23)c(F)c1. The van der Waals surface area contributed by atoms with E-state index in [1.807, 2.05) is 19.1 Å². The van der Waals surface area contributed by atoms with E-state index < -0.39 is 5.82 Å². The summed E-state index contributed by atoms with van der Waals surface area (Å²) in [6.07, 6.45) is 3.99. The molecule has 4 aromatic rings. The van der Waals surface area contributed by atoms with E-state index in [9.17, 15) is 9.18 Å². The molecule has 4 rings (SSSR count). The Morgan fingerprint density at radius 2 is 1.96 bits per heavy atom. The third kappa shape index (κ3) is 3.07. The molecule has 0 saturated carbocycles. The van der Waals surface area contributed by atoms with Crippen molar-refractivity contribution in [1.29, 1.82) is 0 Å². The van der Waals surface area contributed by atoms with Crippen LogP contribution in [0.2, 0.25) is 0 Å². The summed E-state index contributed by atoms with van der Waals surface area (Å²) < 4.78 is 20.7. The zero-order valence-corrected chi connectivity index (χ0v) is 14.6. The van der Waals surface area contributed by atoms with Crippen LogP contribution in [0.5, 0.6) is 11.5 Å². The highest BCUT2D eigenvalue weighted by Gasteiger charge is 2.13. The fraction of sp³-hybridized carbons (Fsp3) is 0.0500. The van der Waals surface area contributed by atoms with Crippen molar-refractivity contribution in [3.63, 3.8) is 0 Å². The number of halogens is 1. The zero-order valence-electron chi connectivity index (χ0n) is 13.8. The molecule has 0 saturated heterocycles. The van der Waals surface area contributed by atoms with Gasteiger partial charge in [-0.15, -0.1) is 11.3 Å². The molecule has 4 nitrogen and oxygen atoms in total. The third-order valence-electron chi connectivity index (χ3n) is 3.87. The van der Waals surface area contributed by atoms with Gasteiger partial charge in [0.15, 0.2) is 17.9 Å². The van der Waals surface area contributed by atoms with Crippen molar-refractivity contribution in [1.82, 2.24) is 9.97 Å². The number of aromatic nitrogens is 2. The maximum atomic E-state index is 14.1. The van der Waals surface area contributed by atoms with E-state index in [1.54, 1.807) is 36.7 Å². The lowest BCUT2D eigenvalue weighted by atomic mass is 10.2. The molecule has 0 N–H and O–H groups in total. The lowest BCUT2D eigenvalue weighted by Crippen LogP contribution is -1.89. The van der Waals surface area contributed by atoms with Gasteiger partial charge in [0.05, 0.1) is 10.2 Å². The van der Waals surface area contributed by atoms with Gasteiger partial charge < -0.3 is 4.74 Å². The number of thiophene rings is 1. The number of aldehydes is 1. The Morgan fingerprint density at radius 1 is 1.08 bits per heavy atom. The van der Waals surface area contributed by atoms with Crippen molar-refractivity contribution in [2.24, 2.45) is 0 Å². The molecule has 1 aromatic carbocycles. The van der Waals surface area contributed by atoms with Crippen LogP contribution in [0, 0.1) is 12.7 Å². The number of carbonyl (C=O) groups excluding carboxylic acids is 1. The second-order valence-corrected chi connectivity index (χ2v) is 6.81. The van der Waals surface area contributed by atoms with Gasteiger partial charge in [0.1, 0.15) is 11.4 Å². The first-order valence-corrected chi connectivity index (χ1v) is 8.70. The van der Waals surface area contributed by atoms with Gasteiger partial charge in [-0.2, -0.15) is 0 Å². The third-order valence-corrected chi connectivity index (χ3v) is 5.06. The second kappa shape index (κ2) is 6.65. The number of rotatable bonds is 4. The summed E-state index contributed by atoms with van der Waals surface area (Å²) in [7, 11) is 0. The van der Waals surface area contributed by atoms with Crippen molar-refractivity contribution in [2.75, 3.05) is 0 Å². The number of fused-ring (bicyclic) bond motifs is 1. The van der Waals surface area contributed by atoms with Crippen LogP contribution >= 0.6 is 11.3 Å². The molecule has 128 valence electrons. The van der Waals surface area contributed by atoms with E-state index in [2.05, 4.69) is 9.97 Å². The standard InChI is InChI=1S/C20H13FN2O2S/c1-12-2-5-17(15(21)8-12)25-18-6-7-22-16-9-19(26-20(16)18)13-3-4-14(11-24)23-10-13/h2-11H,1H3. The minimum atomic E-state index is -0.402. The molecule has 26 heavy (non-hydrogen) atoms. The van der Waals surface area contributed by atoms with E-state index in [-0.39, 0.29) is 5.75 Å². The molecule has 0 aliphatic rings. The fourth-order valence-corrected chi connectivity index (χ4v) is 3.62. The van der Waals surface area contributed by atoms with Gasteiger partial charge in [-0.25, -0.2) is 4.39 Å². The van der Waals surface area contributed by atoms with Crippen molar-refractivity contribution in [3.8, 4) is 21.9 Å². The number of benzene rings is 1. The Hall–Kier alpha value is -3.12. The highest BCUT2D eigenvalue weighted by Crippen LogP contribution is 2.39. The van der Waals surface area contributed by atoms with E-state index in [1.165, 1.54) is 17.4 Å². The van der Waals surface area contributed by atoms with Crippen molar-refractivity contribution < 1.29 is 13.9 Å². The molecule has 0 radical (unpaired) electrons. The summed E-state index contributed by atoms with van der Waals surface area (Å²) in [4.78, 5) is 20.1. The number of aryl methyl sites for hydroxylation is 1. The predicted molar refractivity (Wildman–Crippen MR) is 99.4 cm³/mol. The smallest absolute Gasteiger partial charge is 0.168 e. The van der Waals surface area contributed by atoms with Crippen LogP contribution in [-0.2, 0) is 0 Å². The average molecular weight is 364 g/mol. The predicted octanol–water partition coefficient (Wildman–Crippen LogP) is 5.41. The Labute approximate surface area is 152 Å². The van der Waals surface area contributed by atoms with Crippen LogP contribution in [0.25, 0.3) is 20.7 Å². The number of hydrogen-bond acceptors (Lipinski definition) is 5. The van der Waals surface area contributed by atoms with Crippen LogP contribution in [0.15, 0.2) is 54.9 Å². The van der Waals surface area contributed by atoms with Crippen LogP contribution in [0.1, 0.15) is 16.1 Å². The monoisotopic (exact) mass is 364 g/mol. The van der Waals surface area contributed by atoms with Crippen molar-refractivity contribution >= 4 is 27.8 Å². The summed E-state index contributed by atoms with van der Waals surface area (Å²) >= 11 is 1.48. The van der Waals surface area contributed by atoms with Crippen LogP contribution in [0.3, 0.4) is 0 Å². The largest absolute Gasteiger partial charge is 0.453 e. The quantitative estimate of drug-likeness (QED) is 0.454. The molecule has 3 aromatic heterocycles. The van der Waals surface area contributed by atoms with E-state index in [4.69, 9.17) is 4.74 Å². The highest BCUT2D eigenvalue weighted by molar-refractivity contribution is 7.22. The summed E-state index contributed by atoms with van der Waals surface area (Å²) in [6, 6.07) is 12.0. The molecule has 0 aliphatic heterocycles. The van der Waals surface area contributed by atoms with Gasteiger partial charge in [-0.1, -0.05) is 6.07 Å². The normalized spacial score (nSPS) is 10.8. The summed E-state index contributed by atoms with van der Waals surface area (Å²) in [6.45, 7) is 1.83. The van der Waals surface area contributed by atoms with Crippen LogP contribution in [-0.4, -0.2) is 16.3 Å². The first kappa shape index (κ1) is 16.4. The van der Waals surface area contributed by atoms with E-state index in [0.717, 1.165) is 26.2 Å². The number of pyridine rings is 2. The Kier molecular flexibility index (Phi) is 4.18. The summed E-state index contributed by atoms with van der Waals surface area (Å²) in [5, 5.41) is 0. The molecule has 3 heterocycles. The Balaban J connectivity index is 1.74. The lowest BCUT2D eigenvalue weighted by molar-refractivity contribution is 0.111. The van der Waals surface area contributed by atoms with Gasteiger partial charge >= 0.3 is 0 Å². The van der Waals surface area contributed by atoms with Gasteiger partial charge in [-0.05, 0) is 42.8 Å². The van der Waals surface area contributed by atoms with Gasteiger partial charge in [-0.3, -0.25) is 14.8 Å². The maximum absolute atomic E-state index is 14.1. The minimum Gasteiger partial charge on any atom is -0.453 e. The molecular weight excluding hydrogens is 351 g/mol. The zero-order chi connectivity index (χ0) is 18.1. The molecule has 0 amide bonds. The number of ether oxygens (including phenoxy) is 1. The topological polar surface area (TPSA) is 52.1 Å². The van der Waals surface area contributed by atoms with Crippen molar-refractivity contribution in [3.05, 3.63) is 71.9 Å². The van der Waals surface area contributed by atoms with Crippen LogP contribution < -0.4 is 4.74 Å².